The van der Waals surface area contributed by atoms with Crippen molar-refractivity contribution in [2.45, 2.75) is 62.0 Å². The number of likely N-dealkylation sites (tertiary alicyclic amines) is 2. The van der Waals surface area contributed by atoms with Gasteiger partial charge < -0.3 is 9.47 Å². The van der Waals surface area contributed by atoms with Crippen molar-refractivity contribution in [2.24, 2.45) is 0 Å². The summed E-state index contributed by atoms with van der Waals surface area (Å²) in [5.41, 5.74) is 1.81. The van der Waals surface area contributed by atoms with E-state index in [0.29, 0.717) is 6.04 Å². The molecule has 160 valence electrons. The predicted molar refractivity (Wildman–Crippen MR) is 120 cm³/mol. The molecule has 7 heteroatoms. The Kier molecular flexibility index (Phi) is 7.42. The third kappa shape index (κ3) is 5.05. The zero-order valence-corrected chi connectivity index (χ0v) is 18.8. The Morgan fingerprint density at radius 1 is 1.03 bits per heavy atom. The standard InChI is InChI=1S/C23H32N6S/c1-27-12-8-5-11-21(27)22-25-26-23(29(22)16-15-28-13-6-2-7-14-28)30-18-20-10-4-3-9-19(20)17-24/h3-4,9-10,21H,2,5-8,11-16,18H2,1H3. The van der Waals surface area contributed by atoms with Crippen LogP contribution in [-0.4, -0.2) is 57.8 Å². The smallest absolute Gasteiger partial charge is 0.191 e. The molecule has 1 atom stereocenters. The fourth-order valence-corrected chi connectivity index (χ4v) is 5.56. The molecule has 0 amide bonds. The molecule has 2 aliphatic heterocycles. The summed E-state index contributed by atoms with van der Waals surface area (Å²) < 4.78 is 2.36. The molecule has 1 unspecified atom stereocenters. The summed E-state index contributed by atoms with van der Waals surface area (Å²) in [7, 11) is 2.21. The van der Waals surface area contributed by atoms with Crippen LogP contribution >= 0.6 is 11.8 Å². The average molecular weight is 425 g/mol. The number of benzene rings is 1. The summed E-state index contributed by atoms with van der Waals surface area (Å²) in [6.07, 6.45) is 7.66. The van der Waals surface area contributed by atoms with Crippen molar-refractivity contribution >= 4 is 11.8 Å². The molecule has 0 radical (unpaired) electrons. The zero-order valence-electron chi connectivity index (χ0n) is 18.0. The lowest BCUT2D eigenvalue weighted by Crippen LogP contribution is -2.35. The van der Waals surface area contributed by atoms with Crippen LogP contribution in [0.2, 0.25) is 0 Å². The molecule has 2 aliphatic rings. The SMILES string of the molecule is CN1CCCCC1c1nnc(SCc2ccccc2C#N)n1CCN1CCCCC1. The maximum atomic E-state index is 9.40. The Labute approximate surface area is 184 Å². The molecule has 1 aromatic heterocycles. The van der Waals surface area contributed by atoms with E-state index in [1.165, 1.54) is 45.2 Å². The first-order valence-electron chi connectivity index (χ1n) is 11.2. The van der Waals surface area contributed by atoms with Gasteiger partial charge in [0.05, 0.1) is 17.7 Å². The third-order valence-electron chi connectivity index (χ3n) is 6.40. The van der Waals surface area contributed by atoms with Crippen LogP contribution in [-0.2, 0) is 12.3 Å². The summed E-state index contributed by atoms with van der Waals surface area (Å²) in [5.74, 6) is 1.86. The van der Waals surface area contributed by atoms with Crippen molar-refractivity contribution in [1.82, 2.24) is 24.6 Å². The van der Waals surface area contributed by atoms with Gasteiger partial charge in [-0.05, 0) is 64.0 Å². The maximum absolute atomic E-state index is 9.40. The van der Waals surface area contributed by atoms with Crippen LogP contribution in [0.15, 0.2) is 29.4 Å². The number of nitrogens with zero attached hydrogens (tertiary/aromatic N) is 6. The van der Waals surface area contributed by atoms with Gasteiger partial charge in [0.1, 0.15) is 0 Å². The number of aromatic nitrogens is 3. The Hall–Kier alpha value is -1.88. The molecule has 2 saturated heterocycles. The molecule has 2 fully saturated rings. The number of piperidine rings is 2. The van der Waals surface area contributed by atoms with E-state index in [2.05, 4.69) is 37.7 Å². The fraction of sp³-hybridized carbons (Fsp3) is 0.609. The van der Waals surface area contributed by atoms with Crippen molar-refractivity contribution in [1.29, 1.82) is 5.26 Å². The Morgan fingerprint density at radius 3 is 2.63 bits per heavy atom. The van der Waals surface area contributed by atoms with E-state index >= 15 is 0 Å². The summed E-state index contributed by atoms with van der Waals surface area (Å²) in [5, 5.41) is 19.7. The zero-order chi connectivity index (χ0) is 20.8. The van der Waals surface area contributed by atoms with Crippen LogP contribution in [0.3, 0.4) is 0 Å². The van der Waals surface area contributed by atoms with E-state index in [4.69, 9.17) is 0 Å². The van der Waals surface area contributed by atoms with Gasteiger partial charge in [-0.3, -0.25) is 4.90 Å². The molecule has 6 nitrogen and oxygen atoms in total. The minimum Gasteiger partial charge on any atom is -0.303 e. The van der Waals surface area contributed by atoms with Gasteiger partial charge >= 0.3 is 0 Å². The highest BCUT2D eigenvalue weighted by Gasteiger charge is 2.27. The maximum Gasteiger partial charge on any atom is 0.191 e. The third-order valence-corrected chi connectivity index (χ3v) is 7.41. The van der Waals surface area contributed by atoms with Crippen molar-refractivity contribution in [3.05, 3.63) is 41.2 Å². The summed E-state index contributed by atoms with van der Waals surface area (Å²) in [6, 6.07) is 10.5. The van der Waals surface area contributed by atoms with Gasteiger partial charge in [0, 0.05) is 18.8 Å². The highest BCUT2D eigenvalue weighted by Crippen LogP contribution is 2.32. The van der Waals surface area contributed by atoms with E-state index in [1.807, 2.05) is 24.3 Å². The quantitative estimate of drug-likeness (QED) is 0.624. The van der Waals surface area contributed by atoms with Crippen LogP contribution < -0.4 is 0 Å². The van der Waals surface area contributed by atoms with Crippen LogP contribution in [0.4, 0.5) is 0 Å². The number of hydrogen-bond donors (Lipinski definition) is 0. The molecule has 0 aliphatic carbocycles. The number of nitriles is 1. The highest BCUT2D eigenvalue weighted by atomic mass is 32.2. The molecule has 4 rings (SSSR count). The average Bonchev–Trinajstić information content (AvgIpc) is 3.20. The molecule has 2 aromatic rings. The van der Waals surface area contributed by atoms with Gasteiger partial charge in [0.2, 0.25) is 0 Å². The first-order valence-corrected chi connectivity index (χ1v) is 12.2. The van der Waals surface area contributed by atoms with Gasteiger partial charge in [-0.2, -0.15) is 5.26 Å². The molecule has 0 N–H and O–H groups in total. The topological polar surface area (TPSA) is 61.0 Å². The van der Waals surface area contributed by atoms with Crippen LogP contribution in [0, 0.1) is 11.3 Å². The molecule has 0 bridgehead atoms. The number of hydrogen-bond acceptors (Lipinski definition) is 6. The van der Waals surface area contributed by atoms with E-state index in [9.17, 15) is 5.26 Å². The largest absolute Gasteiger partial charge is 0.303 e. The normalized spacial score (nSPS) is 20.9. The summed E-state index contributed by atoms with van der Waals surface area (Å²) >= 11 is 1.70. The van der Waals surface area contributed by atoms with E-state index < -0.39 is 0 Å². The number of thioether (sulfide) groups is 1. The second-order valence-electron chi connectivity index (χ2n) is 8.44. The molecule has 0 spiro atoms. The monoisotopic (exact) mass is 424 g/mol. The van der Waals surface area contributed by atoms with E-state index in [0.717, 1.165) is 53.9 Å². The van der Waals surface area contributed by atoms with E-state index in [-0.39, 0.29) is 0 Å². The van der Waals surface area contributed by atoms with Gasteiger partial charge in [0.25, 0.3) is 0 Å². The molecular formula is C23H32N6S. The molecule has 1 aromatic carbocycles. The lowest BCUT2D eigenvalue weighted by molar-refractivity contribution is 0.170. The Bertz CT molecular complexity index is 867. The molecular weight excluding hydrogens is 392 g/mol. The van der Waals surface area contributed by atoms with Gasteiger partial charge in [-0.15, -0.1) is 10.2 Å². The Morgan fingerprint density at radius 2 is 1.83 bits per heavy atom. The van der Waals surface area contributed by atoms with Crippen molar-refractivity contribution in [3.63, 3.8) is 0 Å². The molecule has 3 heterocycles. The summed E-state index contributed by atoms with van der Waals surface area (Å²) in [6.45, 7) is 5.54. The second kappa shape index (κ2) is 10.4. The minimum absolute atomic E-state index is 0.355. The molecule has 0 saturated carbocycles. The van der Waals surface area contributed by atoms with Gasteiger partial charge in [-0.1, -0.05) is 42.8 Å². The van der Waals surface area contributed by atoms with Crippen LogP contribution in [0.25, 0.3) is 0 Å². The van der Waals surface area contributed by atoms with Crippen molar-refractivity contribution in [2.75, 3.05) is 33.2 Å². The lowest BCUT2D eigenvalue weighted by atomic mass is 10.0. The highest BCUT2D eigenvalue weighted by molar-refractivity contribution is 7.98. The van der Waals surface area contributed by atoms with Gasteiger partial charge in [-0.25, -0.2) is 0 Å². The van der Waals surface area contributed by atoms with Crippen molar-refractivity contribution < 1.29 is 0 Å². The summed E-state index contributed by atoms with van der Waals surface area (Å²) in [4.78, 5) is 5.02. The van der Waals surface area contributed by atoms with E-state index in [1.54, 1.807) is 11.8 Å². The molecule has 30 heavy (non-hydrogen) atoms. The first-order chi connectivity index (χ1) is 14.8. The lowest BCUT2D eigenvalue weighted by Gasteiger charge is -2.32. The number of rotatable bonds is 7. The van der Waals surface area contributed by atoms with Gasteiger partial charge in [0.15, 0.2) is 11.0 Å². The van der Waals surface area contributed by atoms with Crippen LogP contribution in [0.5, 0.6) is 0 Å². The second-order valence-corrected chi connectivity index (χ2v) is 9.39. The predicted octanol–water partition coefficient (Wildman–Crippen LogP) is 4.08. The minimum atomic E-state index is 0.355. The first kappa shape index (κ1) is 21.4. The Balaban J connectivity index is 1.53. The van der Waals surface area contributed by atoms with Crippen LogP contribution in [0.1, 0.15) is 61.5 Å². The van der Waals surface area contributed by atoms with Crippen molar-refractivity contribution in [3.8, 4) is 6.07 Å². The fourth-order valence-electron chi connectivity index (χ4n) is 4.59.